The van der Waals surface area contributed by atoms with E-state index >= 15 is 0 Å². The molecule has 1 heterocycles. The van der Waals surface area contributed by atoms with E-state index < -0.39 is 16.0 Å². The number of carboxylic acid groups (broad SMARTS) is 1. The van der Waals surface area contributed by atoms with E-state index in [1.807, 2.05) is 0 Å². The van der Waals surface area contributed by atoms with Crippen molar-refractivity contribution < 1.29 is 23.1 Å². The molecule has 20 heavy (non-hydrogen) atoms. The molecular weight excluding hydrogens is 282 g/mol. The van der Waals surface area contributed by atoms with Crippen LogP contribution in [0.1, 0.15) is 18.4 Å². The third-order valence-electron chi connectivity index (χ3n) is 2.98. The molecular formula is C13H17NO5S. The van der Waals surface area contributed by atoms with Crippen molar-refractivity contribution >= 4 is 21.7 Å². The summed E-state index contributed by atoms with van der Waals surface area (Å²) in [7, 11) is -3.49. The van der Waals surface area contributed by atoms with Crippen LogP contribution in [-0.4, -0.2) is 38.0 Å². The minimum Gasteiger partial charge on any atom is -0.481 e. The molecule has 1 aliphatic rings. The number of benzene rings is 1. The van der Waals surface area contributed by atoms with Crippen molar-refractivity contribution in [3.63, 3.8) is 0 Å². The molecule has 0 amide bonds. The van der Waals surface area contributed by atoms with E-state index in [2.05, 4.69) is 4.72 Å². The summed E-state index contributed by atoms with van der Waals surface area (Å²) >= 11 is 0. The summed E-state index contributed by atoms with van der Waals surface area (Å²) in [4.78, 5) is 10.6. The SMILES string of the molecule is O=C(O)Cc1cccc(NS(=O)(=O)CC2CCCO2)c1. The summed E-state index contributed by atoms with van der Waals surface area (Å²) in [6.07, 6.45) is 1.24. The standard InChI is InChI=1S/C13H17NO5S/c15-13(16)8-10-3-1-4-11(7-10)14-20(17,18)9-12-5-2-6-19-12/h1,3-4,7,12,14H,2,5-6,8-9H2,(H,15,16). The van der Waals surface area contributed by atoms with Crippen molar-refractivity contribution in [1.29, 1.82) is 0 Å². The maximum absolute atomic E-state index is 12.0. The first-order valence-corrected chi connectivity index (χ1v) is 8.03. The first-order chi connectivity index (χ1) is 9.44. The van der Waals surface area contributed by atoms with Crippen LogP contribution in [0.2, 0.25) is 0 Å². The van der Waals surface area contributed by atoms with Crippen LogP contribution in [0.5, 0.6) is 0 Å². The number of carboxylic acids is 1. The molecule has 7 heteroatoms. The number of ether oxygens (including phenoxy) is 1. The average Bonchev–Trinajstić information content (AvgIpc) is 2.79. The van der Waals surface area contributed by atoms with E-state index in [0.717, 1.165) is 12.8 Å². The van der Waals surface area contributed by atoms with Gasteiger partial charge in [0.25, 0.3) is 0 Å². The molecule has 0 aliphatic carbocycles. The summed E-state index contributed by atoms with van der Waals surface area (Å²) in [6, 6.07) is 6.40. The van der Waals surface area contributed by atoms with Crippen LogP contribution in [0.15, 0.2) is 24.3 Å². The van der Waals surface area contributed by atoms with Crippen molar-refractivity contribution in [2.75, 3.05) is 17.1 Å². The van der Waals surface area contributed by atoms with Crippen molar-refractivity contribution in [1.82, 2.24) is 0 Å². The van der Waals surface area contributed by atoms with Crippen molar-refractivity contribution in [2.45, 2.75) is 25.4 Å². The molecule has 1 aliphatic heterocycles. The van der Waals surface area contributed by atoms with Gasteiger partial charge in [-0.3, -0.25) is 9.52 Å². The van der Waals surface area contributed by atoms with E-state index in [4.69, 9.17) is 9.84 Å². The molecule has 2 rings (SSSR count). The van der Waals surface area contributed by atoms with Gasteiger partial charge in [-0.2, -0.15) is 0 Å². The second-order valence-electron chi connectivity index (χ2n) is 4.79. The van der Waals surface area contributed by atoms with Crippen LogP contribution in [0.25, 0.3) is 0 Å². The lowest BCUT2D eigenvalue weighted by atomic mass is 10.1. The Hall–Kier alpha value is -1.60. The van der Waals surface area contributed by atoms with Crippen LogP contribution in [-0.2, 0) is 26.0 Å². The lowest BCUT2D eigenvalue weighted by Crippen LogP contribution is -2.25. The minimum atomic E-state index is -3.49. The number of sulfonamides is 1. The highest BCUT2D eigenvalue weighted by molar-refractivity contribution is 7.92. The minimum absolute atomic E-state index is 0.0733. The van der Waals surface area contributed by atoms with Gasteiger partial charge in [0, 0.05) is 12.3 Å². The Bertz CT molecular complexity index is 578. The molecule has 1 aromatic carbocycles. The number of rotatable bonds is 6. The fourth-order valence-corrected chi connectivity index (χ4v) is 3.48. The van der Waals surface area contributed by atoms with Gasteiger partial charge >= 0.3 is 5.97 Å². The molecule has 6 nitrogen and oxygen atoms in total. The molecule has 1 atom stereocenters. The zero-order valence-corrected chi connectivity index (χ0v) is 11.7. The number of carbonyl (C=O) groups is 1. The zero-order valence-electron chi connectivity index (χ0n) is 10.9. The fourth-order valence-electron chi connectivity index (χ4n) is 2.16. The Kier molecular flexibility index (Phi) is 4.61. The van der Waals surface area contributed by atoms with Crippen molar-refractivity contribution in [3.8, 4) is 0 Å². The molecule has 0 spiro atoms. The highest BCUT2D eigenvalue weighted by Gasteiger charge is 2.23. The lowest BCUT2D eigenvalue weighted by molar-refractivity contribution is -0.136. The topological polar surface area (TPSA) is 92.7 Å². The van der Waals surface area contributed by atoms with E-state index in [9.17, 15) is 13.2 Å². The van der Waals surface area contributed by atoms with E-state index in [1.54, 1.807) is 18.2 Å². The van der Waals surface area contributed by atoms with Crippen LogP contribution in [0, 0.1) is 0 Å². The van der Waals surface area contributed by atoms with Gasteiger partial charge in [0.2, 0.25) is 10.0 Å². The summed E-state index contributed by atoms with van der Waals surface area (Å²) in [6.45, 7) is 0.605. The van der Waals surface area contributed by atoms with Gasteiger partial charge in [-0.1, -0.05) is 12.1 Å². The first-order valence-electron chi connectivity index (χ1n) is 6.37. The molecule has 1 saturated heterocycles. The smallest absolute Gasteiger partial charge is 0.307 e. The monoisotopic (exact) mass is 299 g/mol. The molecule has 1 aromatic rings. The van der Waals surface area contributed by atoms with Crippen LogP contribution < -0.4 is 4.72 Å². The normalized spacial score (nSPS) is 18.9. The lowest BCUT2D eigenvalue weighted by Gasteiger charge is -2.12. The maximum Gasteiger partial charge on any atom is 0.307 e. The average molecular weight is 299 g/mol. The number of hydrogen-bond acceptors (Lipinski definition) is 4. The second-order valence-corrected chi connectivity index (χ2v) is 6.56. The Morgan fingerprint density at radius 2 is 2.25 bits per heavy atom. The van der Waals surface area contributed by atoms with Gasteiger partial charge in [-0.05, 0) is 30.5 Å². The van der Waals surface area contributed by atoms with E-state index in [-0.39, 0.29) is 18.3 Å². The molecule has 110 valence electrons. The summed E-state index contributed by atoms with van der Waals surface area (Å²) in [5.41, 5.74) is 0.927. The summed E-state index contributed by atoms with van der Waals surface area (Å²) < 4.78 is 31.7. The molecule has 0 bridgehead atoms. The van der Waals surface area contributed by atoms with Gasteiger partial charge in [0.1, 0.15) is 0 Å². The number of anilines is 1. The quantitative estimate of drug-likeness (QED) is 0.824. The molecule has 0 radical (unpaired) electrons. The molecule has 1 fully saturated rings. The number of aliphatic carboxylic acids is 1. The fraction of sp³-hybridized carbons (Fsp3) is 0.462. The van der Waals surface area contributed by atoms with Crippen LogP contribution in [0.3, 0.4) is 0 Å². The first kappa shape index (κ1) is 14.8. The van der Waals surface area contributed by atoms with Crippen molar-refractivity contribution in [3.05, 3.63) is 29.8 Å². The summed E-state index contributed by atoms with van der Waals surface area (Å²) in [5.74, 6) is -1.03. The third-order valence-corrected chi connectivity index (χ3v) is 4.34. The van der Waals surface area contributed by atoms with Crippen molar-refractivity contribution in [2.24, 2.45) is 0 Å². The van der Waals surface area contributed by atoms with Gasteiger partial charge in [0.15, 0.2) is 0 Å². The Balaban J connectivity index is 2.02. The largest absolute Gasteiger partial charge is 0.481 e. The third kappa shape index (κ3) is 4.50. The molecule has 2 N–H and O–H groups in total. The predicted octanol–water partition coefficient (Wildman–Crippen LogP) is 1.23. The highest BCUT2D eigenvalue weighted by atomic mass is 32.2. The Labute approximate surface area is 117 Å². The van der Waals surface area contributed by atoms with Gasteiger partial charge < -0.3 is 9.84 Å². The Morgan fingerprint density at radius 1 is 1.45 bits per heavy atom. The maximum atomic E-state index is 12.0. The zero-order chi connectivity index (χ0) is 14.6. The van der Waals surface area contributed by atoms with Gasteiger partial charge in [-0.15, -0.1) is 0 Å². The molecule has 1 unspecified atom stereocenters. The van der Waals surface area contributed by atoms with Gasteiger partial charge in [0.05, 0.1) is 18.3 Å². The van der Waals surface area contributed by atoms with E-state index in [1.165, 1.54) is 6.07 Å². The summed E-state index contributed by atoms with van der Waals surface area (Å²) in [5, 5.41) is 8.72. The van der Waals surface area contributed by atoms with Gasteiger partial charge in [-0.25, -0.2) is 8.42 Å². The second kappa shape index (κ2) is 6.23. The highest BCUT2D eigenvalue weighted by Crippen LogP contribution is 2.17. The predicted molar refractivity (Wildman–Crippen MR) is 74.2 cm³/mol. The molecule has 0 saturated carbocycles. The van der Waals surface area contributed by atoms with Crippen LogP contribution in [0.4, 0.5) is 5.69 Å². The van der Waals surface area contributed by atoms with Crippen LogP contribution >= 0.6 is 0 Å². The van der Waals surface area contributed by atoms with E-state index in [0.29, 0.717) is 17.9 Å². The molecule has 0 aromatic heterocycles. The number of nitrogens with one attached hydrogen (secondary N) is 1. The number of hydrogen-bond donors (Lipinski definition) is 2. The Morgan fingerprint density at radius 3 is 2.90 bits per heavy atom.